The maximum absolute atomic E-state index is 12.9. The molecule has 2 rings (SSSR count). The van der Waals surface area contributed by atoms with Crippen LogP contribution in [0.25, 0.3) is 0 Å². The van der Waals surface area contributed by atoms with Gasteiger partial charge in [-0.1, -0.05) is 13.8 Å². The highest BCUT2D eigenvalue weighted by Gasteiger charge is 2.35. The Morgan fingerprint density at radius 2 is 2.12 bits per heavy atom. The minimum atomic E-state index is -3.60. The molecule has 1 fully saturated rings. The number of carbonyl (C=O) groups is 1. The van der Waals surface area contributed by atoms with E-state index in [0.717, 1.165) is 5.56 Å². The number of nitrogens with one attached hydrogen (secondary N) is 1. The molecule has 1 heterocycles. The van der Waals surface area contributed by atoms with Crippen molar-refractivity contribution in [1.29, 1.82) is 0 Å². The van der Waals surface area contributed by atoms with E-state index in [9.17, 15) is 13.2 Å². The Bertz CT molecular complexity index is 701. The highest BCUT2D eigenvalue weighted by molar-refractivity contribution is 7.89. The van der Waals surface area contributed by atoms with Gasteiger partial charge in [0.2, 0.25) is 15.9 Å². The summed E-state index contributed by atoms with van der Waals surface area (Å²) in [6.45, 7) is 7.00. The molecule has 0 saturated carbocycles. The van der Waals surface area contributed by atoms with Gasteiger partial charge in [-0.2, -0.15) is 4.31 Å². The van der Waals surface area contributed by atoms with Crippen LogP contribution in [0.5, 0.6) is 5.75 Å². The molecular formula is C17H26N2O4S. The first-order valence-electron chi connectivity index (χ1n) is 8.27. The number of sulfonamides is 1. The molecule has 1 saturated heterocycles. The molecule has 0 aromatic heterocycles. The van der Waals surface area contributed by atoms with Gasteiger partial charge < -0.3 is 10.1 Å². The molecule has 24 heavy (non-hydrogen) atoms. The SMILES string of the molecule is CCNC(=O)C1CCN(S(=O)(=O)c2ccc(OC)c(C(C)C)c2)C1. The van der Waals surface area contributed by atoms with Crippen molar-refractivity contribution in [3.63, 3.8) is 0 Å². The van der Waals surface area contributed by atoms with E-state index in [1.54, 1.807) is 25.3 Å². The van der Waals surface area contributed by atoms with Gasteiger partial charge in [-0.3, -0.25) is 4.79 Å². The molecule has 1 aliphatic rings. The Labute approximate surface area is 144 Å². The minimum absolute atomic E-state index is 0.0761. The van der Waals surface area contributed by atoms with Crippen molar-refractivity contribution in [3.8, 4) is 5.75 Å². The average Bonchev–Trinajstić information content (AvgIpc) is 3.05. The molecule has 1 aromatic carbocycles. The second-order valence-corrected chi connectivity index (χ2v) is 8.24. The molecule has 6 nitrogen and oxygen atoms in total. The predicted octanol–water partition coefficient (Wildman–Crippen LogP) is 1.97. The van der Waals surface area contributed by atoms with E-state index < -0.39 is 10.0 Å². The molecule has 1 aliphatic heterocycles. The normalized spacial score (nSPS) is 18.8. The summed E-state index contributed by atoms with van der Waals surface area (Å²) in [5.41, 5.74) is 0.859. The van der Waals surface area contributed by atoms with E-state index in [4.69, 9.17) is 4.74 Å². The number of carbonyl (C=O) groups excluding carboxylic acids is 1. The Morgan fingerprint density at radius 1 is 1.42 bits per heavy atom. The summed E-state index contributed by atoms with van der Waals surface area (Å²) in [6, 6.07) is 4.94. The van der Waals surface area contributed by atoms with Gasteiger partial charge in [0, 0.05) is 19.6 Å². The van der Waals surface area contributed by atoms with Crippen LogP contribution in [0.4, 0.5) is 0 Å². The zero-order chi connectivity index (χ0) is 17.9. The lowest BCUT2D eigenvalue weighted by molar-refractivity contribution is -0.124. The van der Waals surface area contributed by atoms with Gasteiger partial charge in [-0.05, 0) is 43.0 Å². The smallest absolute Gasteiger partial charge is 0.243 e. The zero-order valence-corrected chi connectivity index (χ0v) is 15.5. The number of benzene rings is 1. The zero-order valence-electron chi connectivity index (χ0n) is 14.7. The molecular weight excluding hydrogens is 328 g/mol. The lowest BCUT2D eigenvalue weighted by Crippen LogP contribution is -2.34. The van der Waals surface area contributed by atoms with Gasteiger partial charge in [-0.25, -0.2) is 8.42 Å². The fourth-order valence-corrected chi connectivity index (χ4v) is 4.49. The number of ether oxygens (including phenoxy) is 1. The molecule has 1 amide bonds. The van der Waals surface area contributed by atoms with Crippen molar-refractivity contribution >= 4 is 15.9 Å². The molecule has 7 heteroatoms. The molecule has 0 aliphatic carbocycles. The number of hydrogen-bond donors (Lipinski definition) is 1. The van der Waals surface area contributed by atoms with Crippen molar-refractivity contribution in [2.24, 2.45) is 5.92 Å². The highest BCUT2D eigenvalue weighted by Crippen LogP contribution is 2.31. The number of hydrogen-bond acceptors (Lipinski definition) is 4. The Kier molecular flexibility index (Phi) is 5.87. The number of nitrogens with zero attached hydrogens (tertiary/aromatic N) is 1. The van der Waals surface area contributed by atoms with E-state index in [-0.39, 0.29) is 29.2 Å². The van der Waals surface area contributed by atoms with Crippen LogP contribution in [-0.2, 0) is 14.8 Å². The lowest BCUT2D eigenvalue weighted by atomic mass is 10.0. The standard InChI is InChI=1S/C17H26N2O4S/c1-5-18-17(20)13-8-9-19(11-13)24(21,22)14-6-7-16(23-4)15(10-14)12(2)3/h6-7,10,12-13H,5,8-9,11H2,1-4H3,(H,18,20). The number of rotatable bonds is 6. The molecule has 1 unspecified atom stereocenters. The third-order valence-electron chi connectivity index (χ3n) is 4.33. The van der Waals surface area contributed by atoms with Crippen molar-refractivity contribution < 1.29 is 17.9 Å². The highest BCUT2D eigenvalue weighted by atomic mass is 32.2. The average molecular weight is 354 g/mol. The number of methoxy groups -OCH3 is 1. The summed E-state index contributed by atoms with van der Waals surface area (Å²) in [5.74, 6) is 0.484. The molecule has 0 bridgehead atoms. The fraction of sp³-hybridized carbons (Fsp3) is 0.588. The minimum Gasteiger partial charge on any atom is -0.496 e. The second-order valence-electron chi connectivity index (χ2n) is 6.30. The Balaban J connectivity index is 2.25. The van der Waals surface area contributed by atoms with E-state index in [0.29, 0.717) is 25.3 Å². The van der Waals surface area contributed by atoms with Gasteiger partial charge in [0.15, 0.2) is 0 Å². The van der Waals surface area contributed by atoms with Crippen molar-refractivity contribution in [2.75, 3.05) is 26.7 Å². The summed E-state index contributed by atoms with van der Waals surface area (Å²) in [6.07, 6.45) is 0.554. The van der Waals surface area contributed by atoms with Crippen LogP contribution >= 0.6 is 0 Å². The molecule has 1 N–H and O–H groups in total. The van der Waals surface area contributed by atoms with Crippen LogP contribution < -0.4 is 10.1 Å². The first-order chi connectivity index (χ1) is 11.3. The molecule has 0 radical (unpaired) electrons. The Hall–Kier alpha value is -1.60. The summed E-state index contributed by atoms with van der Waals surface area (Å²) < 4.78 is 32.5. The van der Waals surface area contributed by atoms with Crippen LogP contribution in [0.2, 0.25) is 0 Å². The first-order valence-corrected chi connectivity index (χ1v) is 9.71. The van der Waals surface area contributed by atoms with Gasteiger partial charge in [0.25, 0.3) is 0 Å². The first kappa shape index (κ1) is 18.7. The van der Waals surface area contributed by atoms with Gasteiger partial charge in [-0.15, -0.1) is 0 Å². The van der Waals surface area contributed by atoms with E-state index in [1.165, 1.54) is 4.31 Å². The van der Waals surface area contributed by atoms with Gasteiger partial charge >= 0.3 is 0 Å². The van der Waals surface area contributed by atoms with Crippen molar-refractivity contribution in [3.05, 3.63) is 23.8 Å². The van der Waals surface area contributed by atoms with Crippen LogP contribution in [0.15, 0.2) is 23.1 Å². The quantitative estimate of drug-likeness (QED) is 0.847. The molecule has 134 valence electrons. The maximum atomic E-state index is 12.9. The second kappa shape index (κ2) is 7.53. The van der Waals surface area contributed by atoms with Crippen molar-refractivity contribution in [2.45, 2.75) is 38.0 Å². The topological polar surface area (TPSA) is 75.7 Å². The third-order valence-corrected chi connectivity index (χ3v) is 6.19. The number of amides is 1. The summed E-state index contributed by atoms with van der Waals surface area (Å²) >= 11 is 0. The van der Waals surface area contributed by atoms with Crippen LogP contribution in [0.1, 0.15) is 38.7 Å². The maximum Gasteiger partial charge on any atom is 0.243 e. The van der Waals surface area contributed by atoms with E-state index >= 15 is 0 Å². The third kappa shape index (κ3) is 3.72. The predicted molar refractivity (Wildman–Crippen MR) is 92.6 cm³/mol. The molecule has 0 spiro atoms. The van der Waals surface area contributed by atoms with Gasteiger partial charge in [0.1, 0.15) is 5.75 Å². The summed E-state index contributed by atoms with van der Waals surface area (Å²) in [7, 11) is -2.03. The van der Waals surface area contributed by atoms with E-state index in [1.807, 2.05) is 20.8 Å². The van der Waals surface area contributed by atoms with E-state index in [2.05, 4.69) is 5.32 Å². The fourth-order valence-electron chi connectivity index (χ4n) is 2.95. The lowest BCUT2D eigenvalue weighted by Gasteiger charge is -2.19. The molecule has 1 atom stereocenters. The van der Waals surface area contributed by atoms with Crippen molar-refractivity contribution in [1.82, 2.24) is 9.62 Å². The summed E-state index contributed by atoms with van der Waals surface area (Å²) in [4.78, 5) is 12.2. The van der Waals surface area contributed by atoms with Crippen LogP contribution in [0, 0.1) is 5.92 Å². The monoisotopic (exact) mass is 354 g/mol. The van der Waals surface area contributed by atoms with Crippen LogP contribution in [-0.4, -0.2) is 45.4 Å². The van der Waals surface area contributed by atoms with Gasteiger partial charge in [0.05, 0.1) is 17.9 Å². The molecule has 1 aromatic rings. The Morgan fingerprint density at radius 3 is 2.71 bits per heavy atom. The largest absolute Gasteiger partial charge is 0.496 e. The summed E-state index contributed by atoms with van der Waals surface area (Å²) in [5, 5.41) is 2.76. The van der Waals surface area contributed by atoms with Crippen LogP contribution in [0.3, 0.4) is 0 Å².